The van der Waals surface area contributed by atoms with Crippen LogP contribution in [-0.4, -0.2) is 6.61 Å². The second-order valence-corrected chi connectivity index (χ2v) is 4.66. The number of alkyl halides is 3. The minimum Gasteiger partial charge on any atom is -0.435 e. The predicted octanol–water partition coefficient (Wildman–Crippen LogP) is 4.92. The normalized spacial score (nSPS) is 12.5. The summed E-state index contributed by atoms with van der Waals surface area (Å²) in [7, 11) is 0. The Morgan fingerprint density at radius 2 is 1.68 bits per heavy atom. The van der Waals surface area contributed by atoms with Crippen LogP contribution >= 0.6 is 11.6 Å². The molecule has 0 saturated heterocycles. The quantitative estimate of drug-likeness (QED) is 0.723. The number of benzene rings is 2. The van der Waals surface area contributed by atoms with Gasteiger partial charge in [-0.1, -0.05) is 42.0 Å². The molecule has 0 bridgehead atoms. The van der Waals surface area contributed by atoms with E-state index in [1.807, 2.05) is 31.2 Å². The Bertz CT molecular complexity index is 540. The molecule has 0 amide bonds. The molecule has 1 atom stereocenters. The first-order valence-electron chi connectivity index (χ1n) is 5.81. The lowest BCUT2D eigenvalue weighted by Crippen LogP contribution is -2.02. The number of aryl methyl sites for hydroxylation is 1. The average Bonchev–Trinajstić information content (AvgIpc) is 2.38. The fourth-order valence-corrected chi connectivity index (χ4v) is 2.06. The Kier molecular flexibility index (Phi) is 4.38. The second kappa shape index (κ2) is 6.02. The third kappa shape index (κ3) is 3.67. The molecule has 19 heavy (non-hydrogen) atoms. The highest BCUT2D eigenvalue weighted by Gasteiger charge is 2.12. The van der Waals surface area contributed by atoms with E-state index in [-0.39, 0.29) is 11.1 Å². The average molecular weight is 283 g/mol. The van der Waals surface area contributed by atoms with Gasteiger partial charge < -0.3 is 4.74 Å². The van der Waals surface area contributed by atoms with E-state index in [0.717, 1.165) is 16.7 Å². The van der Waals surface area contributed by atoms with Crippen LogP contribution in [-0.2, 0) is 0 Å². The van der Waals surface area contributed by atoms with E-state index in [9.17, 15) is 8.78 Å². The van der Waals surface area contributed by atoms with Crippen molar-refractivity contribution in [3.63, 3.8) is 0 Å². The first-order chi connectivity index (χ1) is 9.06. The van der Waals surface area contributed by atoms with Crippen molar-refractivity contribution in [2.24, 2.45) is 0 Å². The molecule has 0 radical (unpaired) electrons. The first kappa shape index (κ1) is 13.8. The van der Waals surface area contributed by atoms with Crippen LogP contribution in [0.5, 0.6) is 5.75 Å². The standard InChI is InChI=1S/C15H13ClF2O/c1-10-5-7-11(8-6-10)14(16)12-3-2-4-13(9-12)19-15(17)18/h2-9,14-15H,1H3. The molecule has 0 saturated carbocycles. The fraction of sp³-hybridized carbons (Fsp3) is 0.200. The number of hydrogen-bond donors (Lipinski definition) is 0. The summed E-state index contributed by atoms with van der Waals surface area (Å²) in [4.78, 5) is 0. The van der Waals surface area contributed by atoms with Crippen LogP contribution in [0, 0.1) is 6.92 Å². The van der Waals surface area contributed by atoms with Gasteiger partial charge in [0.25, 0.3) is 0 Å². The molecule has 4 heteroatoms. The van der Waals surface area contributed by atoms with E-state index in [2.05, 4.69) is 4.74 Å². The van der Waals surface area contributed by atoms with Gasteiger partial charge >= 0.3 is 6.61 Å². The largest absolute Gasteiger partial charge is 0.435 e. The lowest BCUT2D eigenvalue weighted by molar-refractivity contribution is -0.0498. The Hall–Kier alpha value is -1.61. The van der Waals surface area contributed by atoms with Crippen LogP contribution in [0.1, 0.15) is 22.1 Å². The van der Waals surface area contributed by atoms with Crippen molar-refractivity contribution in [1.82, 2.24) is 0 Å². The van der Waals surface area contributed by atoms with Crippen molar-refractivity contribution < 1.29 is 13.5 Å². The summed E-state index contributed by atoms with van der Waals surface area (Å²) < 4.78 is 28.7. The maximum Gasteiger partial charge on any atom is 0.387 e. The zero-order valence-electron chi connectivity index (χ0n) is 10.3. The van der Waals surface area contributed by atoms with E-state index < -0.39 is 6.61 Å². The number of ether oxygens (including phenoxy) is 1. The van der Waals surface area contributed by atoms with Crippen LogP contribution in [0.4, 0.5) is 8.78 Å². The molecular weight excluding hydrogens is 270 g/mol. The van der Waals surface area contributed by atoms with Gasteiger partial charge in [-0.2, -0.15) is 8.78 Å². The summed E-state index contributed by atoms with van der Waals surface area (Å²) in [6, 6.07) is 14.2. The third-order valence-electron chi connectivity index (χ3n) is 2.75. The van der Waals surface area contributed by atoms with E-state index in [1.54, 1.807) is 12.1 Å². The van der Waals surface area contributed by atoms with Gasteiger partial charge in [0.2, 0.25) is 0 Å². The lowest BCUT2D eigenvalue weighted by Gasteiger charge is -2.12. The fourth-order valence-electron chi connectivity index (χ4n) is 1.78. The van der Waals surface area contributed by atoms with Gasteiger partial charge in [-0.05, 0) is 30.2 Å². The molecule has 2 aromatic rings. The summed E-state index contributed by atoms with van der Waals surface area (Å²) in [6.07, 6.45) is 0. The SMILES string of the molecule is Cc1ccc(C(Cl)c2cccc(OC(F)F)c2)cc1. The molecule has 0 spiro atoms. The van der Waals surface area contributed by atoms with E-state index >= 15 is 0 Å². The molecule has 0 N–H and O–H groups in total. The van der Waals surface area contributed by atoms with E-state index in [1.165, 1.54) is 12.1 Å². The van der Waals surface area contributed by atoms with Crippen molar-refractivity contribution in [3.8, 4) is 5.75 Å². The zero-order chi connectivity index (χ0) is 13.8. The highest BCUT2D eigenvalue weighted by molar-refractivity contribution is 6.22. The van der Waals surface area contributed by atoms with Crippen LogP contribution < -0.4 is 4.74 Å². The van der Waals surface area contributed by atoms with Crippen molar-refractivity contribution in [1.29, 1.82) is 0 Å². The number of hydrogen-bond acceptors (Lipinski definition) is 1. The van der Waals surface area contributed by atoms with Crippen molar-refractivity contribution in [3.05, 3.63) is 65.2 Å². The van der Waals surface area contributed by atoms with Gasteiger partial charge in [-0.3, -0.25) is 0 Å². The number of halogens is 3. The Morgan fingerprint density at radius 1 is 1.00 bits per heavy atom. The number of rotatable bonds is 4. The molecule has 0 fully saturated rings. The molecule has 0 aliphatic rings. The second-order valence-electron chi connectivity index (χ2n) is 4.22. The molecule has 0 aliphatic heterocycles. The summed E-state index contributed by atoms with van der Waals surface area (Å²) in [5, 5.41) is -0.387. The minimum atomic E-state index is -2.83. The Labute approximate surface area is 115 Å². The van der Waals surface area contributed by atoms with Crippen LogP contribution in [0.15, 0.2) is 48.5 Å². The van der Waals surface area contributed by atoms with Crippen molar-refractivity contribution in [2.75, 3.05) is 0 Å². The summed E-state index contributed by atoms with van der Waals surface area (Å²) in [5.41, 5.74) is 2.78. The van der Waals surface area contributed by atoms with Gasteiger partial charge in [0.15, 0.2) is 0 Å². The van der Waals surface area contributed by atoms with Crippen LogP contribution in [0.2, 0.25) is 0 Å². The highest BCUT2D eigenvalue weighted by atomic mass is 35.5. The predicted molar refractivity (Wildman–Crippen MR) is 71.9 cm³/mol. The van der Waals surface area contributed by atoms with Gasteiger partial charge in [0.1, 0.15) is 5.75 Å². The molecule has 0 aromatic heterocycles. The van der Waals surface area contributed by atoms with Crippen LogP contribution in [0.25, 0.3) is 0 Å². The zero-order valence-corrected chi connectivity index (χ0v) is 11.1. The third-order valence-corrected chi connectivity index (χ3v) is 3.25. The van der Waals surface area contributed by atoms with E-state index in [4.69, 9.17) is 11.6 Å². The summed E-state index contributed by atoms with van der Waals surface area (Å²) >= 11 is 6.35. The summed E-state index contributed by atoms with van der Waals surface area (Å²) in [5.74, 6) is 0.116. The van der Waals surface area contributed by atoms with E-state index in [0.29, 0.717) is 0 Å². The Balaban J connectivity index is 2.23. The highest BCUT2D eigenvalue weighted by Crippen LogP contribution is 2.31. The minimum absolute atomic E-state index is 0.116. The van der Waals surface area contributed by atoms with Gasteiger partial charge in [0, 0.05) is 0 Å². The first-order valence-corrected chi connectivity index (χ1v) is 6.25. The van der Waals surface area contributed by atoms with Crippen molar-refractivity contribution >= 4 is 11.6 Å². The smallest absolute Gasteiger partial charge is 0.387 e. The Morgan fingerprint density at radius 3 is 2.32 bits per heavy atom. The monoisotopic (exact) mass is 282 g/mol. The van der Waals surface area contributed by atoms with Crippen LogP contribution in [0.3, 0.4) is 0 Å². The molecule has 100 valence electrons. The molecule has 0 aliphatic carbocycles. The van der Waals surface area contributed by atoms with Gasteiger partial charge in [-0.25, -0.2) is 0 Å². The maximum atomic E-state index is 12.2. The summed E-state index contributed by atoms with van der Waals surface area (Å²) in [6.45, 7) is -0.840. The molecule has 1 unspecified atom stereocenters. The molecule has 1 nitrogen and oxygen atoms in total. The lowest BCUT2D eigenvalue weighted by atomic mass is 10.0. The maximum absolute atomic E-state index is 12.2. The topological polar surface area (TPSA) is 9.23 Å². The van der Waals surface area contributed by atoms with Gasteiger partial charge in [0.05, 0.1) is 5.38 Å². The molecule has 2 rings (SSSR count). The molecular formula is C15H13ClF2O. The van der Waals surface area contributed by atoms with Gasteiger partial charge in [-0.15, -0.1) is 11.6 Å². The molecule has 0 heterocycles. The van der Waals surface area contributed by atoms with Crippen molar-refractivity contribution in [2.45, 2.75) is 18.9 Å². The molecule has 2 aromatic carbocycles.